The van der Waals surface area contributed by atoms with Crippen molar-refractivity contribution in [2.24, 2.45) is 0 Å². The molecular weight excluding hydrogens is 373 g/mol. The van der Waals surface area contributed by atoms with Crippen LogP contribution in [0.4, 0.5) is 0 Å². The number of benzene rings is 1. The van der Waals surface area contributed by atoms with Gasteiger partial charge in [0.1, 0.15) is 0 Å². The quantitative estimate of drug-likeness (QED) is 0.425. The van der Waals surface area contributed by atoms with Gasteiger partial charge in [-0.2, -0.15) is 0 Å². The van der Waals surface area contributed by atoms with Crippen molar-refractivity contribution in [3.63, 3.8) is 0 Å². The van der Waals surface area contributed by atoms with Crippen LogP contribution in [-0.4, -0.2) is 36.2 Å². The summed E-state index contributed by atoms with van der Waals surface area (Å²) >= 11 is 2.05. The normalized spacial score (nSPS) is 11.7. The fourth-order valence-electron chi connectivity index (χ4n) is 1.59. The molecule has 0 radical (unpaired) electrons. The Labute approximate surface area is 131 Å². The third-order valence-corrected chi connectivity index (χ3v) is 3.47. The molecule has 2 N–H and O–H groups in total. The lowest BCUT2D eigenvalue weighted by Crippen LogP contribution is -2.44. The van der Waals surface area contributed by atoms with Gasteiger partial charge in [0.15, 0.2) is 6.04 Å². The van der Waals surface area contributed by atoms with E-state index in [0.29, 0.717) is 5.56 Å². The molecule has 0 aliphatic carbocycles. The van der Waals surface area contributed by atoms with Crippen LogP contribution in [0.25, 0.3) is 0 Å². The van der Waals surface area contributed by atoms with Gasteiger partial charge in [-0.1, -0.05) is 18.2 Å². The molecule has 0 aliphatic rings. The van der Waals surface area contributed by atoms with Gasteiger partial charge in [0.2, 0.25) is 0 Å². The number of amides is 1. The molecule has 1 aromatic carbocycles. The first-order valence-electron chi connectivity index (χ1n) is 5.94. The van der Waals surface area contributed by atoms with Crippen LogP contribution in [0.1, 0.15) is 15.9 Å². The third-order valence-electron chi connectivity index (χ3n) is 2.57. The average molecular weight is 389 g/mol. The van der Waals surface area contributed by atoms with Gasteiger partial charge in [-0.15, -0.1) is 6.58 Å². The fraction of sp³-hybridized carbons (Fsp3) is 0.286. The molecule has 1 atom stereocenters. The van der Waals surface area contributed by atoms with Crippen LogP contribution in [0.3, 0.4) is 0 Å². The summed E-state index contributed by atoms with van der Waals surface area (Å²) in [6.45, 7) is 5.42. The van der Waals surface area contributed by atoms with E-state index in [1.54, 1.807) is 19.1 Å². The van der Waals surface area contributed by atoms with Crippen LogP contribution in [0.5, 0.6) is 0 Å². The number of aliphatic carboxylic acids is 1. The monoisotopic (exact) mass is 389 g/mol. The summed E-state index contributed by atoms with van der Waals surface area (Å²) in [4.78, 5) is 23.3. The molecule has 0 saturated carbocycles. The molecule has 1 unspecified atom stereocenters. The van der Waals surface area contributed by atoms with Crippen molar-refractivity contribution in [2.75, 3.05) is 13.2 Å². The van der Waals surface area contributed by atoms with E-state index in [-0.39, 0.29) is 13.2 Å². The number of hydrogen-bond acceptors (Lipinski definition) is 3. The minimum atomic E-state index is -1.13. The maximum absolute atomic E-state index is 12.2. The summed E-state index contributed by atoms with van der Waals surface area (Å²) in [5.41, 5.74) is 1.29. The summed E-state index contributed by atoms with van der Waals surface area (Å²) in [7, 11) is 0. The van der Waals surface area contributed by atoms with Crippen LogP contribution in [0, 0.1) is 10.5 Å². The van der Waals surface area contributed by atoms with Gasteiger partial charge in [0.25, 0.3) is 5.91 Å². The Morgan fingerprint density at radius 3 is 2.80 bits per heavy atom. The van der Waals surface area contributed by atoms with Gasteiger partial charge in [0.05, 0.1) is 18.8 Å². The molecule has 6 heteroatoms. The Hall–Kier alpha value is -1.41. The van der Waals surface area contributed by atoms with Crippen molar-refractivity contribution >= 4 is 34.5 Å². The molecule has 0 fully saturated rings. The van der Waals surface area contributed by atoms with Crippen molar-refractivity contribution in [1.82, 2.24) is 5.32 Å². The van der Waals surface area contributed by atoms with E-state index < -0.39 is 17.9 Å². The second-order valence-corrected chi connectivity index (χ2v) is 5.28. The minimum absolute atomic E-state index is 0.102. The van der Waals surface area contributed by atoms with E-state index in [1.165, 1.54) is 6.08 Å². The molecule has 0 saturated heterocycles. The average Bonchev–Trinajstić information content (AvgIpc) is 2.37. The van der Waals surface area contributed by atoms with Crippen LogP contribution in [0.2, 0.25) is 0 Å². The molecule has 1 aromatic rings. The van der Waals surface area contributed by atoms with Crippen molar-refractivity contribution in [1.29, 1.82) is 0 Å². The molecular formula is C14H16INO4. The molecule has 0 aromatic heterocycles. The zero-order chi connectivity index (χ0) is 15.1. The van der Waals surface area contributed by atoms with Crippen molar-refractivity contribution in [3.05, 3.63) is 45.6 Å². The highest BCUT2D eigenvalue weighted by Crippen LogP contribution is 2.16. The van der Waals surface area contributed by atoms with E-state index >= 15 is 0 Å². The van der Waals surface area contributed by atoms with E-state index in [0.717, 1.165) is 9.13 Å². The number of nitrogens with one attached hydrogen (secondary N) is 1. The third kappa shape index (κ3) is 4.61. The van der Waals surface area contributed by atoms with Gasteiger partial charge in [-0.25, -0.2) is 4.79 Å². The first-order valence-corrected chi connectivity index (χ1v) is 7.02. The molecule has 1 rings (SSSR count). The highest BCUT2D eigenvalue weighted by molar-refractivity contribution is 14.1. The van der Waals surface area contributed by atoms with E-state index in [9.17, 15) is 9.59 Å². The van der Waals surface area contributed by atoms with Gasteiger partial charge >= 0.3 is 5.97 Å². The molecule has 0 heterocycles. The lowest BCUT2D eigenvalue weighted by Gasteiger charge is -2.16. The van der Waals surface area contributed by atoms with Crippen LogP contribution in [-0.2, 0) is 9.53 Å². The number of carboxylic acids is 1. The van der Waals surface area contributed by atoms with E-state index in [1.807, 2.05) is 28.7 Å². The molecule has 1 amide bonds. The van der Waals surface area contributed by atoms with Gasteiger partial charge in [-0.05, 0) is 41.1 Å². The number of aryl methyl sites for hydroxylation is 1. The molecule has 20 heavy (non-hydrogen) atoms. The SMILES string of the molecule is C=CCOCC(NC(=O)c1c(C)cccc1I)C(=O)O. The lowest BCUT2D eigenvalue weighted by molar-refractivity contribution is -0.140. The zero-order valence-corrected chi connectivity index (χ0v) is 13.2. The standard InChI is InChI=1S/C14H16INO4/c1-3-7-20-8-11(14(18)19)16-13(17)12-9(2)5-4-6-10(12)15/h3-6,11H,1,7-8H2,2H3,(H,16,17)(H,18,19). The summed E-state index contributed by atoms with van der Waals surface area (Å²) in [5.74, 6) is -1.55. The number of carboxylic acid groups (broad SMARTS) is 1. The predicted octanol–water partition coefficient (Wildman–Crippen LogP) is 1.99. The maximum atomic E-state index is 12.2. The largest absolute Gasteiger partial charge is 0.480 e. The maximum Gasteiger partial charge on any atom is 0.328 e. The first kappa shape index (κ1) is 16.6. The van der Waals surface area contributed by atoms with Crippen molar-refractivity contribution in [3.8, 4) is 0 Å². The number of halogens is 1. The Balaban J connectivity index is 2.80. The number of rotatable bonds is 7. The van der Waals surface area contributed by atoms with Gasteiger partial charge < -0.3 is 15.2 Å². The highest BCUT2D eigenvalue weighted by atomic mass is 127. The summed E-state index contributed by atoms with van der Waals surface area (Å²) < 4.78 is 5.86. The highest BCUT2D eigenvalue weighted by Gasteiger charge is 2.22. The van der Waals surface area contributed by atoms with Gasteiger partial charge in [-0.3, -0.25) is 4.79 Å². The lowest BCUT2D eigenvalue weighted by atomic mass is 10.1. The smallest absolute Gasteiger partial charge is 0.328 e. The Bertz CT molecular complexity index is 496. The van der Waals surface area contributed by atoms with Crippen LogP contribution < -0.4 is 5.32 Å². The van der Waals surface area contributed by atoms with Crippen LogP contribution in [0.15, 0.2) is 30.9 Å². The predicted molar refractivity (Wildman–Crippen MR) is 83.8 cm³/mol. The van der Waals surface area contributed by atoms with Crippen molar-refractivity contribution in [2.45, 2.75) is 13.0 Å². The number of ether oxygens (including phenoxy) is 1. The Morgan fingerprint density at radius 2 is 2.25 bits per heavy atom. The first-order chi connectivity index (χ1) is 9.47. The Kier molecular flexibility index (Phi) is 6.66. The summed E-state index contributed by atoms with van der Waals surface area (Å²) in [6.07, 6.45) is 1.52. The zero-order valence-electron chi connectivity index (χ0n) is 11.1. The van der Waals surface area contributed by atoms with Crippen molar-refractivity contribution < 1.29 is 19.4 Å². The van der Waals surface area contributed by atoms with E-state index in [2.05, 4.69) is 11.9 Å². The fourth-order valence-corrected chi connectivity index (χ4v) is 2.47. The molecule has 0 spiro atoms. The second kappa shape index (κ2) is 8.01. The number of carbonyl (C=O) groups excluding carboxylic acids is 1. The van der Waals surface area contributed by atoms with E-state index in [4.69, 9.17) is 9.84 Å². The van der Waals surface area contributed by atoms with Crippen LogP contribution >= 0.6 is 22.6 Å². The molecule has 0 aliphatic heterocycles. The summed E-state index contributed by atoms with van der Waals surface area (Å²) in [6, 6.07) is 4.36. The Morgan fingerprint density at radius 1 is 1.55 bits per heavy atom. The second-order valence-electron chi connectivity index (χ2n) is 4.12. The number of hydrogen-bond donors (Lipinski definition) is 2. The molecule has 5 nitrogen and oxygen atoms in total. The number of carbonyl (C=O) groups is 2. The topological polar surface area (TPSA) is 75.6 Å². The summed E-state index contributed by atoms with van der Waals surface area (Å²) in [5, 5.41) is 11.6. The minimum Gasteiger partial charge on any atom is -0.480 e. The van der Waals surface area contributed by atoms with Gasteiger partial charge in [0, 0.05) is 3.57 Å². The molecule has 0 bridgehead atoms. The molecule has 108 valence electrons.